The Kier molecular flexibility index (Phi) is 3.36. The fraction of sp³-hybridized carbons (Fsp3) is 0.571. The van der Waals surface area contributed by atoms with Gasteiger partial charge in [0.25, 0.3) is 0 Å². The van der Waals surface area contributed by atoms with Gasteiger partial charge in [-0.05, 0) is 6.08 Å². The van der Waals surface area contributed by atoms with Crippen molar-refractivity contribution in [2.45, 2.75) is 24.1 Å². The van der Waals surface area contributed by atoms with E-state index in [1.54, 1.807) is 19.1 Å². The maximum atomic E-state index is 12.1. The number of methoxy groups -OCH3 is 2. The Morgan fingerprint density at radius 1 is 1.48 bits per heavy atom. The van der Waals surface area contributed by atoms with E-state index in [0.717, 1.165) is 5.76 Å². The van der Waals surface area contributed by atoms with Crippen molar-refractivity contribution in [1.29, 1.82) is 0 Å². The fourth-order valence-electron chi connectivity index (χ4n) is 2.98. The number of hydrogen-bond donors (Lipinski definition) is 1. The van der Waals surface area contributed by atoms with Gasteiger partial charge in [0.2, 0.25) is 0 Å². The molecule has 0 aromatic heterocycles. The van der Waals surface area contributed by atoms with Gasteiger partial charge < -0.3 is 24.4 Å². The minimum absolute atomic E-state index is 0.221. The van der Waals surface area contributed by atoms with Crippen LogP contribution in [-0.4, -0.2) is 62.0 Å². The van der Waals surface area contributed by atoms with Crippen molar-refractivity contribution in [1.82, 2.24) is 10.2 Å². The predicted octanol–water partition coefficient (Wildman–Crippen LogP) is 0.181. The van der Waals surface area contributed by atoms with Crippen molar-refractivity contribution < 1.29 is 23.8 Å². The van der Waals surface area contributed by atoms with E-state index in [1.807, 2.05) is 18.2 Å². The van der Waals surface area contributed by atoms with Gasteiger partial charge in [-0.15, -0.1) is 0 Å². The lowest BCUT2D eigenvalue weighted by Gasteiger charge is -2.36. The predicted molar refractivity (Wildman–Crippen MR) is 72.4 cm³/mol. The van der Waals surface area contributed by atoms with Crippen LogP contribution in [0.1, 0.15) is 6.42 Å². The molecule has 3 atom stereocenters. The van der Waals surface area contributed by atoms with Gasteiger partial charge in [0.05, 0.1) is 25.5 Å². The summed E-state index contributed by atoms with van der Waals surface area (Å²) in [7, 11) is 3.21. The summed E-state index contributed by atoms with van der Waals surface area (Å²) >= 11 is 0. The highest BCUT2D eigenvalue weighted by Crippen LogP contribution is 2.31. The number of ether oxygens (including phenoxy) is 3. The number of hydrogen-bond acceptors (Lipinski definition) is 5. The van der Waals surface area contributed by atoms with E-state index in [-0.39, 0.29) is 24.6 Å². The monoisotopic (exact) mass is 294 g/mol. The third-order valence-electron chi connectivity index (χ3n) is 4.24. The van der Waals surface area contributed by atoms with E-state index in [9.17, 15) is 9.59 Å². The van der Waals surface area contributed by atoms with E-state index in [0.29, 0.717) is 13.0 Å². The Morgan fingerprint density at radius 3 is 3.00 bits per heavy atom. The van der Waals surface area contributed by atoms with Crippen molar-refractivity contribution >= 4 is 12.0 Å². The second-order valence-corrected chi connectivity index (χ2v) is 5.39. The third-order valence-corrected chi connectivity index (χ3v) is 4.24. The van der Waals surface area contributed by atoms with Gasteiger partial charge in [0, 0.05) is 13.5 Å². The standard InChI is InChI=1S/C14H18N2O5/c1-19-9-4-3-5-14(6-9,20-2)8-16-10-7-21-12(17)11(10)15-13(16)18/h3-5,10-11H,6-8H2,1-2H3,(H,15,18)/t10-,11-,14?/m0/s1. The summed E-state index contributed by atoms with van der Waals surface area (Å²) in [5.41, 5.74) is -0.655. The minimum atomic E-state index is -0.655. The molecule has 2 amide bonds. The first-order valence-electron chi connectivity index (χ1n) is 6.80. The molecule has 114 valence electrons. The molecule has 7 heteroatoms. The molecule has 0 bridgehead atoms. The summed E-state index contributed by atoms with van der Waals surface area (Å²) in [6.45, 7) is 0.559. The Hall–Kier alpha value is -2.02. The molecule has 0 aromatic carbocycles. The van der Waals surface area contributed by atoms with Crippen molar-refractivity contribution in [2.75, 3.05) is 27.4 Å². The summed E-state index contributed by atoms with van der Waals surface area (Å²) in [6, 6.07) is -1.11. The first kappa shape index (κ1) is 13.9. The number of fused-ring (bicyclic) bond motifs is 1. The lowest BCUT2D eigenvalue weighted by molar-refractivity contribution is -0.139. The van der Waals surface area contributed by atoms with E-state index >= 15 is 0 Å². The smallest absolute Gasteiger partial charge is 0.331 e. The number of nitrogens with zero attached hydrogens (tertiary/aromatic N) is 1. The van der Waals surface area contributed by atoms with Gasteiger partial charge in [-0.3, -0.25) is 0 Å². The number of nitrogens with one attached hydrogen (secondary N) is 1. The van der Waals surface area contributed by atoms with Crippen molar-refractivity contribution in [2.24, 2.45) is 0 Å². The molecule has 3 rings (SSSR count). The van der Waals surface area contributed by atoms with Crippen LogP contribution < -0.4 is 5.32 Å². The third kappa shape index (κ3) is 2.27. The zero-order valence-corrected chi connectivity index (χ0v) is 12.0. The van der Waals surface area contributed by atoms with Crippen LogP contribution in [0.25, 0.3) is 0 Å². The molecular formula is C14H18N2O5. The molecule has 3 aliphatic rings. The molecule has 0 radical (unpaired) electrons. The van der Waals surface area contributed by atoms with Gasteiger partial charge in [-0.25, -0.2) is 9.59 Å². The molecule has 2 heterocycles. The van der Waals surface area contributed by atoms with Crippen molar-refractivity contribution in [3.05, 3.63) is 24.0 Å². The summed E-state index contributed by atoms with van der Waals surface area (Å²) in [5.74, 6) is 0.410. The maximum absolute atomic E-state index is 12.1. The van der Waals surface area contributed by atoms with Crippen LogP contribution in [0.5, 0.6) is 0 Å². The van der Waals surface area contributed by atoms with Gasteiger partial charge >= 0.3 is 12.0 Å². The average molecular weight is 294 g/mol. The van der Waals surface area contributed by atoms with Gasteiger partial charge in [-0.1, -0.05) is 12.2 Å². The lowest BCUT2D eigenvalue weighted by atomic mass is 9.92. The van der Waals surface area contributed by atoms with Gasteiger partial charge in [-0.2, -0.15) is 0 Å². The molecule has 0 aromatic rings. The van der Waals surface area contributed by atoms with Crippen LogP contribution in [-0.2, 0) is 19.0 Å². The topological polar surface area (TPSA) is 77.1 Å². The first-order valence-corrected chi connectivity index (χ1v) is 6.80. The van der Waals surface area contributed by atoms with Crippen LogP contribution in [0.4, 0.5) is 4.79 Å². The molecule has 2 saturated heterocycles. The summed E-state index contributed by atoms with van der Waals surface area (Å²) in [5, 5.41) is 2.66. The first-order chi connectivity index (χ1) is 10.1. The number of allylic oxidation sites excluding steroid dienone is 2. The molecule has 0 spiro atoms. The fourth-order valence-corrected chi connectivity index (χ4v) is 2.98. The van der Waals surface area contributed by atoms with E-state index in [2.05, 4.69) is 5.32 Å². The summed E-state index contributed by atoms with van der Waals surface area (Å²) in [4.78, 5) is 25.3. The Bertz CT molecular complexity index is 529. The SMILES string of the molecule is COC1=CC=CC(CN2C(=O)N[C@@H]3C(=O)OC[C@@H]32)(OC)C1. The highest BCUT2D eigenvalue weighted by molar-refractivity contribution is 5.90. The number of rotatable bonds is 4. The van der Waals surface area contributed by atoms with Gasteiger partial charge in [0.15, 0.2) is 6.04 Å². The summed E-state index contributed by atoms with van der Waals surface area (Å²) in [6.07, 6.45) is 6.17. The zero-order chi connectivity index (χ0) is 15.0. The highest BCUT2D eigenvalue weighted by Gasteiger charge is 2.51. The van der Waals surface area contributed by atoms with E-state index in [1.165, 1.54) is 0 Å². The van der Waals surface area contributed by atoms with Gasteiger partial charge in [0.1, 0.15) is 12.2 Å². The number of amides is 2. The molecule has 1 N–H and O–H groups in total. The highest BCUT2D eigenvalue weighted by atomic mass is 16.5. The van der Waals surface area contributed by atoms with Crippen LogP contribution in [0.15, 0.2) is 24.0 Å². The Morgan fingerprint density at radius 2 is 2.29 bits per heavy atom. The zero-order valence-electron chi connectivity index (χ0n) is 12.0. The maximum Gasteiger partial charge on any atom is 0.331 e. The molecule has 1 unspecified atom stereocenters. The second kappa shape index (κ2) is 5.07. The second-order valence-electron chi connectivity index (χ2n) is 5.39. The summed E-state index contributed by atoms with van der Waals surface area (Å²) < 4.78 is 15.9. The molecule has 1 aliphatic carbocycles. The van der Waals surface area contributed by atoms with Crippen LogP contribution in [0.2, 0.25) is 0 Å². The van der Waals surface area contributed by atoms with E-state index < -0.39 is 11.6 Å². The minimum Gasteiger partial charge on any atom is -0.501 e. The largest absolute Gasteiger partial charge is 0.501 e. The Labute approximate surface area is 122 Å². The number of cyclic esters (lactones) is 1. The molecule has 21 heavy (non-hydrogen) atoms. The molecule has 2 aliphatic heterocycles. The average Bonchev–Trinajstić information content (AvgIpc) is 3.00. The normalized spacial score (nSPS) is 34.4. The van der Waals surface area contributed by atoms with Crippen LogP contribution >= 0.6 is 0 Å². The van der Waals surface area contributed by atoms with Crippen molar-refractivity contribution in [3.63, 3.8) is 0 Å². The van der Waals surface area contributed by atoms with E-state index in [4.69, 9.17) is 14.2 Å². The lowest BCUT2D eigenvalue weighted by Crippen LogP contribution is -2.49. The molecule has 7 nitrogen and oxygen atoms in total. The quantitative estimate of drug-likeness (QED) is 0.749. The Balaban J connectivity index is 1.79. The van der Waals surface area contributed by atoms with Crippen LogP contribution in [0.3, 0.4) is 0 Å². The molecule has 2 fully saturated rings. The number of carbonyl (C=O) groups excluding carboxylic acids is 2. The number of esters is 1. The number of urea groups is 1. The molecule has 0 saturated carbocycles. The van der Waals surface area contributed by atoms with Crippen molar-refractivity contribution in [3.8, 4) is 0 Å². The molecular weight excluding hydrogens is 276 g/mol. The van der Waals surface area contributed by atoms with Crippen LogP contribution in [0, 0.1) is 0 Å². The number of carbonyl (C=O) groups is 2.